The maximum atomic E-state index is 10.4. The third-order valence-electron chi connectivity index (χ3n) is 2.72. The largest absolute Gasteiger partial charge is 0.481 e. The van der Waals surface area contributed by atoms with Gasteiger partial charge in [-0.3, -0.25) is 4.79 Å². The van der Waals surface area contributed by atoms with Gasteiger partial charge in [0.15, 0.2) is 0 Å². The van der Waals surface area contributed by atoms with Crippen LogP contribution in [0.25, 0.3) is 0 Å². The first-order valence-electron chi connectivity index (χ1n) is 5.69. The average molecular weight is 221 g/mol. The van der Waals surface area contributed by atoms with E-state index >= 15 is 0 Å². The van der Waals surface area contributed by atoms with Crippen LogP contribution in [0.1, 0.15) is 43.4 Å². The van der Waals surface area contributed by atoms with Crippen molar-refractivity contribution < 1.29 is 9.90 Å². The zero-order chi connectivity index (χ0) is 12.0. The zero-order valence-corrected chi connectivity index (χ0v) is 9.65. The van der Waals surface area contributed by atoms with Crippen molar-refractivity contribution in [1.82, 2.24) is 0 Å². The Morgan fingerprint density at radius 1 is 1.38 bits per heavy atom. The lowest BCUT2D eigenvalue weighted by Gasteiger charge is -2.11. The molecule has 0 spiro atoms. The van der Waals surface area contributed by atoms with E-state index in [0.29, 0.717) is 6.42 Å². The standard InChI is InChI=1S/C13H19NO2/c1-2-10-6-8-11(9-7-10)12(14)4-3-5-13(15)16/h6-9,12H,2-5,14H2,1H3,(H,15,16). The molecule has 0 aliphatic rings. The molecule has 0 amide bonds. The van der Waals surface area contributed by atoms with Crippen molar-refractivity contribution in [2.75, 3.05) is 0 Å². The lowest BCUT2D eigenvalue weighted by Crippen LogP contribution is -2.10. The molecule has 0 saturated carbocycles. The molecule has 3 heteroatoms. The van der Waals surface area contributed by atoms with Crippen LogP contribution < -0.4 is 5.73 Å². The highest BCUT2D eigenvalue weighted by atomic mass is 16.4. The summed E-state index contributed by atoms with van der Waals surface area (Å²) in [5.41, 5.74) is 8.36. The Bertz CT molecular complexity index is 332. The summed E-state index contributed by atoms with van der Waals surface area (Å²) in [6, 6.07) is 8.16. The summed E-state index contributed by atoms with van der Waals surface area (Å²) in [7, 11) is 0. The van der Waals surface area contributed by atoms with Crippen LogP contribution in [-0.4, -0.2) is 11.1 Å². The maximum absolute atomic E-state index is 10.4. The molecule has 1 rings (SSSR count). The fourth-order valence-corrected chi connectivity index (χ4v) is 1.64. The number of nitrogens with two attached hydrogens (primary N) is 1. The summed E-state index contributed by atoms with van der Waals surface area (Å²) >= 11 is 0. The summed E-state index contributed by atoms with van der Waals surface area (Å²) in [6.45, 7) is 2.11. The molecule has 0 aliphatic heterocycles. The van der Waals surface area contributed by atoms with Gasteiger partial charge in [-0.15, -0.1) is 0 Å². The van der Waals surface area contributed by atoms with Crippen LogP contribution in [0.5, 0.6) is 0 Å². The normalized spacial score (nSPS) is 12.4. The van der Waals surface area contributed by atoms with Gasteiger partial charge in [0.2, 0.25) is 0 Å². The quantitative estimate of drug-likeness (QED) is 0.775. The van der Waals surface area contributed by atoms with E-state index < -0.39 is 5.97 Å². The highest BCUT2D eigenvalue weighted by Crippen LogP contribution is 2.17. The zero-order valence-electron chi connectivity index (χ0n) is 9.65. The van der Waals surface area contributed by atoms with Gasteiger partial charge in [-0.2, -0.15) is 0 Å². The van der Waals surface area contributed by atoms with Gasteiger partial charge in [0, 0.05) is 12.5 Å². The lowest BCUT2D eigenvalue weighted by atomic mass is 10.00. The fraction of sp³-hybridized carbons (Fsp3) is 0.462. The number of aliphatic carboxylic acids is 1. The number of hydrogen-bond acceptors (Lipinski definition) is 2. The number of carboxylic acid groups (broad SMARTS) is 1. The average Bonchev–Trinajstić information content (AvgIpc) is 2.28. The first-order chi connectivity index (χ1) is 7.63. The van der Waals surface area contributed by atoms with E-state index in [9.17, 15) is 4.79 Å². The van der Waals surface area contributed by atoms with Crippen LogP contribution in [0.3, 0.4) is 0 Å². The Hall–Kier alpha value is -1.35. The van der Waals surface area contributed by atoms with E-state index in [4.69, 9.17) is 10.8 Å². The number of carbonyl (C=O) groups is 1. The Labute approximate surface area is 96.3 Å². The van der Waals surface area contributed by atoms with E-state index in [0.717, 1.165) is 18.4 Å². The second-order valence-electron chi connectivity index (χ2n) is 3.99. The Morgan fingerprint density at radius 3 is 2.50 bits per heavy atom. The molecular formula is C13H19NO2. The molecule has 0 saturated heterocycles. The lowest BCUT2D eigenvalue weighted by molar-refractivity contribution is -0.137. The van der Waals surface area contributed by atoms with Crippen LogP contribution in [0.15, 0.2) is 24.3 Å². The van der Waals surface area contributed by atoms with Crippen molar-refractivity contribution in [2.24, 2.45) is 5.73 Å². The van der Waals surface area contributed by atoms with Gasteiger partial charge in [-0.05, 0) is 30.4 Å². The van der Waals surface area contributed by atoms with Gasteiger partial charge in [-0.25, -0.2) is 0 Å². The van der Waals surface area contributed by atoms with Crippen molar-refractivity contribution in [1.29, 1.82) is 0 Å². The number of benzene rings is 1. The maximum Gasteiger partial charge on any atom is 0.303 e. The fourth-order valence-electron chi connectivity index (χ4n) is 1.64. The molecule has 0 heterocycles. The Kier molecular flexibility index (Phi) is 4.99. The number of hydrogen-bond donors (Lipinski definition) is 2. The monoisotopic (exact) mass is 221 g/mol. The predicted molar refractivity (Wildman–Crippen MR) is 64.2 cm³/mol. The smallest absolute Gasteiger partial charge is 0.303 e. The van der Waals surface area contributed by atoms with Crippen LogP contribution in [0.2, 0.25) is 0 Å². The summed E-state index contributed by atoms with van der Waals surface area (Å²) in [6.07, 6.45) is 2.57. The van der Waals surface area contributed by atoms with Gasteiger partial charge >= 0.3 is 5.97 Å². The third-order valence-corrected chi connectivity index (χ3v) is 2.72. The van der Waals surface area contributed by atoms with Crippen LogP contribution in [0, 0.1) is 0 Å². The van der Waals surface area contributed by atoms with Gasteiger partial charge in [0.1, 0.15) is 0 Å². The molecule has 0 aliphatic carbocycles. The molecule has 1 atom stereocenters. The molecule has 1 aromatic rings. The SMILES string of the molecule is CCc1ccc(C(N)CCCC(=O)O)cc1. The molecule has 3 N–H and O–H groups in total. The minimum Gasteiger partial charge on any atom is -0.481 e. The third kappa shape index (κ3) is 4.03. The number of aryl methyl sites for hydroxylation is 1. The van der Waals surface area contributed by atoms with E-state index in [1.807, 2.05) is 12.1 Å². The Morgan fingerprint density at radius 2 is 2.00 bits per heavy atom. The molecule has 16 heavy (non-hydrogen) atoms. The van der Waals surface area contributed by atoms with Crippen molar-refractivity contribution in [3.8, 4) is 0 Å². The second-order valence-corrected chi connectivity index (χ2v) is 3.99. The number of carboxylic acids is 1. The first kappa shape index (κ1) is 12.7. The van der Waals surface area contributed by atoms with Crippen molar-refractivity contribution >= 4 is 5.97 Å². The molecule has 1 aromatic carbocycles. The van der Waals surface area contributed by atoms with Crippen LogP contribution in [-0.2, 0) is 11.2 Å². The molecular weight excluding hydrogens is 202 g/mol. The van der Waals surface area contributed by atoms with Gasteiger partial charge in [0.05, 0.1) is 0 Å². The summed E-state index contributed by atoms with van der Waals surface area (Å²) in [4.78, 5) is 10.4. The van der Waals surface area contributed by atoms with E-state index in [1.165, 1.54) is 5.56 Å². The van der Waals surface area contributed by atoms with Gasteiger partial charge < -0.3 is 10.8 Å². The molecule has 0 bridgehead atoms. The van der Waals surface area contributed by atoms with Gasteiger partial charge in [-0.1, -0.05) is 31.2 Å². The van der Waals surface area contributed by atoms with E-state index in [-0.39, 0.29) is 12.5 Å². The van der Waals surface area contributed by atoms with Gasteiger partial charge in [0.25, 0.3) is 0 Å². The van der Waals surface area contributed by atoms with E-state index in [2.05, 4.69) is 19.1 Å². The topological polar surface area (TPSA) is 63.3 Å². The van der Waals surface area contributed by atoms with Crippen molar-refractivity contribution in [2.45, 2.75) is 38.6 Å². The second kappa shape index (κ2) is 6.28. The molecule has 0 fully saturated rings. The molecule has 3 nitrogen and oxygen atoms in total. The minimum absolute atomic E-state index is 0.0507. The number of rotatable bonds is 6. The van der Waals surface area contributed by atoms with E-state index in [1.54, 1.807) is 0 Å². The van der Waals surface area contributed by atoms with Crippen LogP contribution in [0.4, 0.5) is 0 Å². The summed E-state index contributed by atoms with van der Waals surface area (Å²) in [5, 5.41) is 8.52. The molecule has 88 valence electrons. The first-order valence-corrected chi connectivity index (χ1v) is 5.69. The molecule has 0 aromatic heterocycles. The van der Waals surface area contributed by atoms with Crippen molar-refractivity contribution in [3.63, 3.8) is 0 Å². The summed E-state index contributed by atoms with van der Waals surface area (Å²) < 4.78 is 0. The molecule has 0 radical (unpaired) electrons. The van der Waals surface area contributed by atoms with Crippen molar-refractivity contribution in [3.05, 3.63) is 35.4 Å². The molecule has 1 unspecified atom stereocenters. The highest BCUT2D eigenvalue weighted by molar-refractivity contribution is 5.66. The minimum atomic E-state index is -0.756. The van der Waals surface area contributed by atoms with Crippen LogP contribution >= 0.6 is 0 Å². The highest BCUT2D eigenvalue weighted by Gasteiger charge is 2.06. The Balaban J connectivity index is 2.45. The summed E-state index contributed by atoms with van der Waals surface area (Å²) in [5.74, 6) is -0.756. The predicted octanol–water partition coefficient (Wildman–Crippen LogP) is 2.50.